The van der Waals surface area contributed by atoms with Gasteiger partial charge in [0.25, 0.3) is 5.91 Å². The summed E-state index contributed by atoms with van der Waals surface area (Å²) < 4.78 is 31.8. The van der Waals surface area contributed by atoms with E-state index in [1.807, 2.05) is 26.0 Å². The summed E-state index contributed by atoms with van der Waals surface area (Å²) in [6, 6.07) is 8.51. The molecule has 6 nitrogen and oxygen atoms in total. The van der Waals surface area contributed by atoms with Crippen LogP contribution >= 0.6 is 11.6 Å². The van der Waals surface area contributed by atoms with E-state index in [2.05, 4.69) is 0 Å². The molecule has 0 aliphatic carbocycles. The van der Waals surface area contributed by atoms with Crippen molar-refractivity contribution in [2.24, 2.45) is 0 Å². The Morgan fingerprint density at radius 1 is 1.17 bits per heavy atom. The maximum Gasteiger partial charge on any atom is 0.267 e. The second kappa shape index (κ2) is 7.97. The molecule has 0 radical (unpaired) electrons. The molecule has 1 aliphatic heterocycles. The van der Waals surface area contributed by atoms with Gasteiger partial charge in [0.1, 0.15) is 5.75 Å². The summed E-state index contributed by atoms with van der Waals surface area (Å²) in [5, 5.41) is 0.688. The minimum atomic E-state index is -3.51. The summed E-state index contributed by atoms with van der Waals surface area (Å²) in [5.41, 5.74) is 3.35. The lowest BCUT2D eigenvalue weighted by Gasteiger charge is -2.23. The molecule has 0 bridgehead atoms. The van der Waals surface area contributed by atoms with Crippen LogP contribution in [0.3, 0.4) is 0 Å². The first-order valence-electron chi connectivity index (χ1n) is 9.32. The van der Waals surface area contributed by atoms with Gasteiger partial charge in [0.05, 0.1) is 4.90 Å². The van der Waals surface area contributed by atoms with E-state index in [-0.39, 0.29) is 10.8 Å². The first kappa shape index (κ1) is 21.6. The Labute approximate surface area is 177 Å². The van der Waals surface area contributed by atoms with Gasteiger partial charge in [-0.15, -0.1) is 0 Å². The standard InChI is InChI=1S/C21H25ClN2O4S/c1-13-10-17(11-14(2)20(13)22)28-15(3)21(25)24-9-8-16-12-18(6-7-19(16)24)29(26,27)23(4)5/h6-7,10-12,15H,8-9H2,1-5H3/t15-/m0/s1. The maximum absolute atomic E-state index is 13.0. The van der Waals surface area contributed by atoms with Crippen LogP contribution in [0.4, 0.5) is 5.69 Å². The zero-order valence-electron chi connectivity index (χ0n) is 17.2. The second-order valence-corrected chi connectivity index (χ2v) is 9.98. The van der Waals surface area contributed by atoms with E-state index in [9.17, 15) is 13.2 Å². The van der Waals surface area contributed by atoms with Crippen molar-refractivity contribution in [2.75, 3.05) is 25.5 Å². The number of aryl methyl sites for hydroxylation is 2. The third-order valence-electron chi connectivity index (χ3n) is 5.06. The van der Waals surface area contributed by atoms with Crippen molar-refractivity contribution in [1.29, 1.82) is 0 Å². The molecule has 8 heteroatoms. The van der Waals surface area contributed by atoms with E-state index in [4.69, 9.17) is 16.3 Å². The number of hydrogen-bond acceptors (Lipinski definition) is 4. The van der Waals surface area contributed by atoms with Crippen LogP contribution in [-0.2, 0) is 21.2 Å². The monoisotopic (exact) mass is 436 g/mol. The van der Waals surface area contributed by atoms with Crippen LogP contribution in [0.2, 0.25) is 5.02 Å². The highest BCUT2D eigenvalue weighted by Gasteiger charge is 2.30. The summed E-state index contributed by atoms with van der Waals surface area (Å²) in [7, 11) is -0.515. The zero-order valence-corrected chi connectivity index (χ0v) is 18.8. The van der Waals surface area contributed by atoms with Crippen LogP contribution in [0.25, 0.3) is 0 Å². The predicted octanol–water partition coefficient (Wildman–Crippen LogP) is 3.56. The number of halogens is 1. The van der Waals surface area contributed by atoms with Crippen molar-refractivity contribution in [3.63, 3.8) is 0 Å². The van der Waals surface area contributed by atoms with Crippen molar-refractivity contribution < 1.29 is 17.9 Å². The molecular formula is C21H25ClN2O4S. The lowest BCUT2D eigenvalue weighted by atomic mass is 10.1. The van der Waals surface area contributed by atoms with Crippen molar-refractivity contribution >= 4 is 33.2 Å². The number of ether oxygens (including phenoxy) is 1. The Balaban J connectivity index is 1.80. The van der Waals surface area contributed by atoms with E-state index >= 15 is 0 Å². The first-order valence-corrected chi connectivity index (χ1v) is 11.1. The van der Waals surface area contributed by atoms with Gasteiger partial charge in [-0.1, -0.05) is 11.6 Å². The van der Waals surface area contributed by atoms with Gasteiger partial charge < -0.3 is 9.64 Å². The molecule has 1 amide bonds. The number of anilines is 1. The second-order valence-electron chi connectivity index (χ2n) is 7.45. The number of fused-ring (bicyclic) bond motifs is 1. The van der Waals surface area contributed by atoms with E-state index in [1.54, 1.807) is 24.0 Å². The van der Waals surface area contributed by atoms with Crippen molar-refractivity contribution in [2.45, 2.75) is 38.2 Å². The molecule has 0 saturated heterocycles. The molecule has 0 unspecified atom stereocenters. The van der Waals surface area contributed by atoms with Crippen LogP contribution in [0.5, 0.6) is 5.75 Å². The molecule has 0 N–H and O–H groups in total. The number of benzene rings is 2. The number of sulfonamides is 1. The van der Waals surface area contributed by atoms with Crippen molar-refractivity contribution in [3.05, 3.63) is 52.0 Å². The van der Waals surface area contributed by atoms with Gasteiger partial charge in [-0.05, 0) is 74.2 Å². The highest BCUT2D eigenvalue weighted by atomic mass is 35.5. The highest BCUT2D eigenvalue weighted by Crippen LogP contribution is 2.32. The molecule has 1 heterocycles. The van der Waals surface area contributed by atoms with Crippen LogP contribution in [-0.4, -0.2) is 45.4 Å². The van der Waals surface area contributed by atoms with Crippen LogP contribution < -0.4 is 9.64 Å². The normalized spacial score (nSPS) is 14.8. The lowest BCUT2D eigenvalue weighted by molar-refractivity contribution is -0.124. The van der Waals surface area contributed by atoms with Crippen LogP contribution in [0, 0.1) is 13.8 Å². The van der Waals surface area contributed by atoms with Gasteiger partial charge in [-0.3, -0.25) is 4.79 Å². The molecule has 29 heavy (non-hydrogen) atoms. The summed E-state index contributed by atoms with van der Waals surface area (Å²) in [5.74, 6) is 0.425. The minimum Gasteiger partial charge on any atom is -0.481 e. The lowest BCUT2D eigenvalue weighted by Crippen LogP contribution is -2.39. The average molecular weight is 437 g/mol. The number of hydrogen-bond donors (Lipinski definition) is 0. The fourth-order valence-corrected chi connectivity index (χ4v) is 4.49. The molecule has 1 aliphatic rings. The molecule has 0 spiro atoms. The minimum absolute atomic E-state index is 0.169. The Morgan fingerprint density at radius 2 is 1.79 bits per heavy atom. The van der Waals surface area contributed by atoms with E-state index in [1.165, 1.54) is 24.5 Å². The topological polar surface area (TPSA) is 66.9 Å². The fourth-order valence-electron chi connectivity index (χ4n) is 3.43. The van der Waals surface area contributed by atoms with Gasteiger partial charge in [-0.25, -0.2) is 12.7 Å². The number of amides is 1. The van der Waals surface area contributed by atoms with Gasteiger partial charge in [0, 0.05) is 31.4 Å². The Bertz CT molecular complexity index is 1040. The van der Waals surface area contributed by atoms with E-state index in [0.29, 0.717) is 23.7 Å². The molecule has 2 aromatic rings. The summed E-state index contributed by atoms with van der Waals surface area (Å²) >= 11 is 6.20. The quantitative estimate of drug-likeness (QED) is 0.718. The van der Waals surface area contributed by atoms with E-state index in [0.717, 1.165) is 22.4 Å². The summed E-state index contributed by atoms with van der Waals surface area (Å²) in [6.45, 7) is 5.99. The third kappa shape index (κ3) is 4.13. The third-order valence-corrected chi connectivity index (χ3v) is 7.47. The molecule has 0 aromatic heterocycles. The number of rotatable bonds is 5. The van der Waals surface area contributed by atoms with Crippen LogP contribution in [0.15, 0.2) is 35.2 Å². The molecule has 1 atom stereocenters. The van der Waals surface area contributed by atoms with Gasteiger partial charge >= 0.3 is 0 Å². The number of carbonyl (C=O) groups is 1. The van der Waals surface area contributed by atoms with Gasteiger partial charge in [-0.2, -0.15) is 0 Å². The molecule has 0 saturated carbocycles. The Kier molecular flexibility index (Phi) is 5.94. The summed E-state index contributed by atoms with van der Waals surface area (Å²) in [4.78, 5) is 14.9. The smallest absolute Gasteiger partial charge is 0.267 e. The molecule has 156 valence electrons. The highest BCUT2D eigenvalue weighted by molar-refractivity contribution is 7.89. The number of nitrogens with zero attached hydrogens (tertiary/aromatic N) is 2. The summed E-state index contributed by atoms with van der Waals surface area (Å²) in [6.07, 6.45) is -0.0879. The molecule has 2 aromatic carbocycles. The van der Waals surface area contributed by atoms with Gasteiger partial charge in [0.15, 0.2) is 6.10 Å². The molecule has 3 rings (SSSR count). The molecular weight excluding hydrogens is 412 g/mol. The van der Waals surface area contributed by atoms with Crippen molar-refractivity contribution in [3.8, 4) is 5.75 Å². The fraction of sp³-hybridized carbons (Fsp3) is 0.381. The predicted molar refractivity (Wildman–Crippen MR) is 114 cm³/mol. The Morgan fingerprint density at radius 3 is 2.38 bits per heavy atom. The van der Waals surface area contributed by atoms with E-state index < -0.39 is 16.1 Å². The number of carbonyl (C=O) groups excluding carboxylic acids is 1. The SMILES string of the molecule is Cc1cc(O[C@@H](C)C(=O)N2CCc3cc(S(=O)(=O)N(C)C)ccc32)cc(C)c1Cl. The zero-order chi connectivity index (χ0) is 21.5. The largest absolute Gasteiger partial charge is 0.481 e. The maximum atomic E-state index is 13.0. The van der Waals surface area contributed by atoms with Crippen LogP contribution in [0.1, 0.15) is 23.6 Å². The average Bonchev–Trinajstić information content (AvgIpc) is 3.08. The Hall–Kier alpha value is -2.09. The van der Waals surface area contributed by atoms with Gasteiger partial charge in [0.2, 0.25) is 10.0 Å². The first-order chi connectivity index (χ1) is 13.5. The van der Waals surface area contributed by atoms with Crippen molar-refractivity contribution in [1.82, 2.24) is 4.31 Å². The molecule has 0 fully saturated rings.